The number of allylic oxidation sites excluding steroid dienone is 2. The lowest BCUT2D eigenvalue weighted by molar-refractivity contribution is 0.0107. The van der Waals surface area contributed by atoms with Crippen molar-refractivity contribution in [2.75, 3.05) is 0 Å². The minimum atomic E-state index is -3.86. The Morgan fingerprint density at radius 1 is 1.52 bits per heavy atom. The Bertz CT molecular complexity index is 1160. The highest BCUT2D eigenvalue weighted by Crippen LogP contribution is 2.53. The number of unbranched alkanes of at least 4 members (excludes halogenated alkanes) is 1. The first kappa shape index (κ1) is 5.82. The van der Waals surface area contributed by atoms with Crippen LogP contribution in [0.5, 0.6) is 11.5 Å². The molecule has 0 unspecified atom stereocenters. The van der Waals surface area contributed by atoms with Crippen LogP contribution >= 0.6 is 0 Å². The van der Waals surface area contributed by atoms with Crippen LogP contribution in [-0.2, 0) is 6.37 Å². The molecule has 3 rings (SSSR count). The summed E-state index contributed by atoms with van der Waals surface area (Å²) in [6.07, 6.45) is -5.87. The maximum Gasteiger partial charge on any atom is 0.127 e. The van der Waals surface area contributed by atoms with E-state index in [0.717, 1.165) is 12.1 Å². The lowest BCUT2D eigenvalue weighted by Gasteiger charge is -2.46. The Labute approximate surface area is 163 Å². The molecule has 1 aromatic rings. The van der Waals surface area contributed by atoms with E-state index in [1.165, 1.54) is 0 Å². The highest BCUT2D eigenvalue weighted by Gasteiger charge is 2.45. The molecule has 0 aromatic heterocycles. The fourth-order valence-electron chi connectivity index (χ4n) is 2.67. The molecule has 0 spiro atoms. The highest BCUT2D eigenvalue weighted by molar-refractivity contribution is 5.53. The van der Waals surface area contributed by atoms with Crippen molar-refractivity contribution in [2.45, 2.75) is 77.4 Å². The predicted octanol–water partition coefficient (Wildman–Crippen LogP) is 5.74. The third-order valence-corrected chi connectivity index (χ3v) is 3.77. The van der Waals surface area contributed by atoms with Gasteiger partial charge in [-0.2, -0.15) is 0 Å². The van der Waals surface area contributed by atoms with Crippen LogP contribution < -0.4 is 4.74 Å². The lowest BCUT2D eigenvalue weighted by atomic mass is 9.68. The Morgan fingerprint density at radius 3 is 3.13 bits per heavy atom. The highest BCUT2D eigenvalue weighted by atomic mass is 16.5. The van der Waals surface area contributed by atoms with Crippen LogP contribution in [0, 0.1) is 5.89 Å². The largest absolute Gasteiger partial charge is 0.507 e. The van der Waals surface area contributed by atoms with Crippen molar-refractivity contribution in [3.8, 4) is 11.5 Å². The summed E-state index contributed by atoms with van der Waals surface area (Å²) in [7, 11) is 0. The van der Waals surface area contributed by atoms with Crippen LogP contribution in [0.2, 0.25) is 0 Å². The van der Waals surface area contributed by atoms with E-state index in [1.54, 1.807) is 0 Å². The molecule has 2 aliphatic rings. The summed E-state index contributed by atoms with van der Waals surface area (Å²) < 4.78 is 140. The number of aromatic hydroxyl groups is 1. The number of rotatable bonds is 4. The molecule has 1 aliphatic heterocycles. The van der Waals surface area contributed by atoms with Gasteiger partial charge < -0.3 is 9.84 Å². The normalized spacial score (nSPS) is 46.7. The zero-order chi connectivity index (χ0) is 30.4. The van der Waals surface area contributed by atoms with E-state index in [2.05, 4.69) is 0 Å². The second kappa shape index (κ2) is 6.22. The Morgan fingerprint density at radius 2 is 2.39 bits per heavy atom. The summed E-state index contributed by atoms with van der Waals surface area (Å²) in [4.78, 5) is 0. The van der Waals surface area contributed by atoms with Gasteiger partial charge in [0.25, 0.3) is 0 Å². The van der Waals surface area contributed by atoms with Gasteiger partial charge >= 0.3 is 0 Å². The average Bonchev–Trinajstić information content (AvgIpc) is 2.74. The number of benzene rings is 1. The number of aryl methyl sites for hydroxylation is 1. The number of hydrogen-bond acceptors (Lipinski definition) is 2. The molecule has 0 bridgehead atoms. The van der Waals surface area contributed by atoms with Crippen molar-refractivity contribution in [3.63, 3.8) is 0 Å². The summed E-state index contributed by atoms with van der Waals surface area (Å²) in [5, 5.41) is 11.1. The van der Waals surface area contributed by atoms with Crippen molar-refractivity contribution in [1.82, 2.24) is 0 Å². The van der Waals surface area contributed by atoms with Crippen LogP contribution in [-0.4, -0.2) is 10.7 Å². The van der Waals surface area contributed by atoms with E-state index in [0.29, 0.717) is 12.8 Å². The lowest BCUT2D eigenvalue weighted by Crippen LogP contribution is -2.45. The smallest absolute Gasteiger partial charge is 0.127 e. The van der Waals surface area contributed by atoms with Crippen LogP contribution in [0.1, 0.15) is 98.5 Å². The molecule has 1 aliphatic carbocycles. The number of phenols is 1. The fraction of sp³-hybridized carbons (Fsp3) is 0.619. The van der Waals surface area contributed by atoms with Gasteiger partial charge in [0.15, 0.2) is 0 Å². The van der Waals surface area contributed by atoms with Crippen molar-refractivity contribution in [1.29, 1.82) is 0 Å². The molecule has 1 heterocycles. The molecule has 2 nitrogen and oxygen atoms in total. The molecule has 1 aromatic carbocycles. The molecule has 0 fully saturated rings. The van der Waals surface area contributed by atoms with E-state index in [9.17, 15) is 7.85 Å². The average molecular weight is 331 g/mol. The maximum atomic E-state index is 11.1. The van der Waals surface area contributed by atoms with Gasteiger partial charge in [-0.3, -0.25) is 0 Å². The molecule has 23 heavy (non-hydrogen) atoms. The first-order valence-corrected chi connectivity index (χ1v) is 7.55. The summed E-state index contributed by atoms with van der Waals surface area (Å²) in [6, 6.07) is 0.477. The van der Waals surface area contributed by atoms with E-state index in [1.807, 2.05) is 6.92 Å². The van der Waals surface area contributed by atoms with Gasteiger partial charge in [-0.25, -0.2) is 0 Å². The zero-order valence-corrected chi connectivity index (χ0v) is 12.8. The van der Waals surface area contributed by atoms with E-state index >= 15 is 0 Å². The third-order valence-electron chi connectivity index (χ3n) is 3.77. The topological polar surface area (TPSA) is 29.5 Å². The van der Waals surface area contributed by atoms with Crippen LogP contribution in [0.15, 0.2) is 23.8 Å². The van der Waals surface area contributed by atoms with Gasteiger partial charge in [-0.1, -0.05) is 31.4 Å². The molecule has 2 atom stereocenters. The number of fused-ring (bicyclic) bond motifs is 3. The Hall–Kier alpha value is -1.44. The van der Waals surface area contributed by atoms with Crippen LogP contribution in [0.4, 0.5) is 0 Å². The summed E-state index contributed by atoms with van der Waals surface area (Å²) >= 11 is 0. The standard InChI is InChI=1S/C21H30O2/c1-5-6-7-8-15-12-18(22)20-16-11-14(2)9-10-17(16)21(3,4)23-19(20)13-15/h11-13,16-17,22H,5-10H2,1-4H3/t16-,17-/m1/s1/i2D3,3D3,4D3,8D2,10D2,11D,16D,17D. The maximum absolute atomic E-state index is 11.1. The molecule has 126 valence electrons. The predicted molar refractivity (Wildman–Crippen MR) is 95.3 cm³/mol. The van der Waals surface area contributed by atoms with Crippen molar-refractivity contribution in [2.24, 2.45) is 5.89 Å². The van der Waals surface area contributed by atoms with Gasteiger partial charge in [-0.15, -0.1) is 0 Å². The molecule has 0 saturated heterocycles. The Kier molecular flexibility index (Phi) is 1.58. The van der Waals surface area contributed by atoms with E-state index in [4.69, 9.17) is 23.9 Å². The molecule has 0 amide bonds. The monoisotopic (exact) mass is 330 g/mol. The number of hydrogen-bond donors (Lipinski definition) is 1. The first-order valence-electron chi connectivity index (χ1n) is 15.6. The van der Waals surface area contributed by atoms with Crippen molar-refractivity contribution < 1.29 is 31.8 Å². The van der Waals surface area contributed by atoms with Gasteiger partial charge in [-0.05, 0) is 63.8 Å². The minimum Gasteiger partial charge on any atom is -0.507 e. The molecule has 2 heteroatoms. The molecule has 0 radical (unpaired) electrons. The van der Waals surface area contributed by atoms with Gasteiger partial charge in [0.05, 0.1) is 1.37 Å². The van der Waals surface area contributed by atoms with Gasteiger partial charge in [0.1, 0.15) is 17.1 Å². The summed E-state index contributed by atoms with van der Waals surface area (Å²) in [5.41, 5.74) is -5.94. The van der Waals surface area contributed by atoms with Crippen molar-refractivity contribution >= 4 is 0 Å². The fourth-order valence-corrected chi connectivity index (χ4v) is 2.67. The van der Waals surface area contributed by atoms with Crippen LogP contribution in [0.25, 0.3) is 0 Å². The second-order valence-corrected chi connectivity index (χ2v) is 5.64. The molecular weight excluding hydrogens is 284 g/mol. The molecular formula is C21H30O2. The Balaban J connectivity index is 2.63. The summed E-state index contributed by atoms with van der Waals surface area (Å²) in [5.74, 6) is -9.01. The number of phenolic OH excluding ortho intramolecular Hbond substituents is 1. The summed E-state index contributed by atoms with van der Waals surface area (Å²) in [6.45, 7) is -9.10. The van der Waals surface area contributed by atoms with Gasteiger partial charge in [0.2, 0.25) is 0 Å². The quantitative estimate of drug-likeness (QED) is 0.714. The number of ether oxygens (including phenoxy) is 1. The minimum absolute atomic E-state index is 0.0604. The third kappa shape index (κ3) is 3.13. The van der Waals surface area contributed by atoms with E-state index < -0.39 is 85.8 Å². The zero-order valence-electron chi connectivity index (χ0n) is 28.8. The van der Waals surface area contributed by atoms with Crippen molar-refractivity contribution in [3.05, 3.63) is 34.9 Å². The molecule has 1 N–H and O–H groups in total. The second-order valence-electron chi connectivity index (χ2n) is 5.64. The van der Waals surface area contributed by atoms with Gasteiger partial charge in [0, 0.05) is 37.9 Å². The first-order chi connectivity index (χ1) is 17.3. The van der Waals surface area contributed by atoms with E-state index in [-0.39, 0.29) is 12.0 Å². The SMILES string of the molecule is [2H]C1=C(C([2H])([2H])[2H])CC([2H])([2H])[C@@]2([2H])C(C([2H])([2H])[2H])(C([2H])([2H])[2H])Oc3cc(C([2H])([2H])CCCC)cc(O)c3[C@]12[2H]. The van der Waals surface area contributed by atoms with Crippen LogP contribution in [0.3, 0.4) is 0 Å². The molecule has 0 saturated carbocycles.